The van der Waals surface area contributed by atoms with Crippen LogP contribution in [0.15, 0.2) is 24.3 Å². The zero-order chi connectivity index (χ0) is 10.4. The lowest BCUT2D eigenvalue weighted by Gasteiger charge is -2.00. The molecule has 0 aliphatic heterocycles. The molecular formula is C12H11N3. The van der Waals surface area contributed by atoms with Crippen molar-refractivity contribution in [2.24, 2.45) is 0 Å². The number of nitrogen functional groups attached to an aromatic ring is 1. The number of aromatic nitrogens is 2. The van der Waals surface area contributed by atoms with E-state index in [4.69, 9.17) is 5.73 Å². The second kappa shape index (κ2) is 2.79. The van der Waals surface area contributed by atoms with Gasteiger partial charge in [-0.1, -0.05) is 17.7 Å². The first-order valence-corrected chi connectivity index (χ1v) is 4.96. The Morgan fingerprint density at radius 1 is 1.13 bits per heavy atom. The summed E-state index contributed by atoms with van der Waals surface area (Å²) in [5, 5.41) is 8.07. The van der Waals surface area contributed by atoms with Crippen LogP contribution >= 0.6 is 0 Å². The van der Waals surface area contributed by atoms with Crippen LogP contribution in [0.5, 0.6) is 0 Å². The van der Waals surface area contributed by atoms with Gasteiger partial charge in [0.05, 0.1) is 5.69 Å². The first-order valence-electron chi connectivity index (χ1n) is 4.96. The van der Waals surface area contributed by atoms with E-state index in [1.807, 2.05) is 6.07 Å². The van der Waals surface area contributed by atoms with Crippen molar-refractivity contribution in [3.05, 3.63) is 41.0 Å². The van der Waals surface area contributed by atoms with Crippen molar-refractivity contribution in [3.8, 4) is 11.3 Å². The standard InChI is InChI=1S/C12H11N3/c1-7-2-3-8-5-9-6-11(13)14-15-12(9)10(8)4-7/h2-4,6H,5H2,1H3,(H2,13,14). The molecule has 3 rings (SSSR count). The molecule has 0 saturated carbocycles. The fourth-order valence-electron chi connectivity index (χ4n) is 2.08. The maximum absolute atomic E-state index is 5.62. The maximum Gasteiger partial charge on any atom is 0.146 e. The maximum atomic E-state index is 5.62. The molecule has 2 N–H and O–H groups in total. The number of fused-ring (bicyclic) bond motifs is 3. The summed E-state index contributed by atoms with van der Waals surface area (Å²) in [5.41, 5.74) is 11.6. The van der Waals surface area contributed by atoms with Gasteiger partial charge in [-0.15, -0.1) is 10.2 Å². The molecule has 0 atom stereocenters. The highest BCUT2D eigenvalue weighted by molar-refractivity contribution is 5.74. The number of nitrogens with zero attached hydrogens (tertiary/aromatic N) is 2. The van der Waals surface area contributed by atoms with Gasteiger partial charge in [-0.2, -0.15) is 0 Å². The van der Waals surface area contributed by atoms with Crippen LogP contribution in [0.1, 0.15) is 16.7 Å². The van der Waals surface area contributed by atoms with Crippen molar-refractivity contribution in [3.63, 3.8) is 0 Å². The molecule has 1 aliphatic carbocycles. The molecule has 0 unspecified atom stereocenters. The normalized spacial score (nSPS) is 12.3. The van der Waals surface area contributed by atoms with Crippen LogP contribution in [0.2, 0.25) is 0 Å². The van der Waals surface area contributed by atoms with Crippen LogP contribution in [0, 0.1) is 6.92 Å². The van der Waals surface area contributed by atoms with E-state index in [0.717, 1.165) is 12.1 Å². The Kier molecular flexibility index (Phi) is 1.57. The smallest absolute Gasteiger partial charge is 0.146 e. The van der Waals surface area contributed by atoms with E-state index in [9.17, 15) is 0 Å². The molecule has 0 bridgehead atoms. The Labute approximate surface area is 88.0 Å². The average Bonchev–Trinajstić information content (AvgIpc) is 2.54. The summed E-state index contributed by atoms with van der Waals surface area (Å²) in [6.07, 6.45) is 0.921. The molecule has 3 nitrogen and oxygen atoms in total. The molecule has 0 saturated heterocycles. The Balaban J connectivity index is 2.26. The van der Waals surface area contributed by atoms with Gasteiger partial charge in [-0.05, 0) is 30.2 Å². The molecule has 1 aromatic heterocycles. The van der Waals surface area contributed by atoms with E-state index in [1.165, 1.54) is 22.3 Å². The van der Waals surface area contributed by atoms with Gasteiger partial charge in [0.2, 0.25) is 0 Å². The number of benzene rings is 1. The minimum absolute atomic E-state index is 0.498. The fraction of sp³-hybridized carbons (Fsp3) is 0.167. The molecule has 1 aromatic carbocycles. The van der Waals surface area contributed by atoms with E-state index in [-0.39, 0.29) is 0 Å². The van der Waals surface area contributed by atoms with E-state index >= 15 is 0 Å². The quantitative estimate of drug-likeness (QED) is 0.599. The number of nitrogens with two attached hydrogens (primary N) is 1. The molecule has 0 spiro atoms. The minimum atomic E-state index is 0.498. The van der Waals surface area contributed by atoms with Crippen molar-refractivity contribution in [2.75, 3.05) is 5.73 Å². The van der Waals surface area contributed by atoms with Crippen molar-refractivity contribution in [1.29, 1.82) is 0 Å². The topological polar surface area (TPSA) is 51.8 Å². The van der Waals surface area contributed by atoms with E-state index in [2.05, 4.69) is 35.3 Å². The second-order valence-electron chi connectivity index (χ2n) is 3.98. The number of anilines is 1. The lowest BCUT2D eigenvalue weighted by molar-refractivity contribution is 1.04. The predicted molar refractivity (Wildman–Crippen MR) is 59.4 cm³/mol. The van der Waals surface area contributed by atoms with Crippen molar-refractivity contribution >= 4 is 5.82 Å². The first kappa shape index (κ1) is 8.41. The van der Waals surface area contributed by atoms with Crippen LogP contribution in [-0.4, -0.2) is 10.2 Å². The number of hydrogen-bond donors (Lipinski definition) is 1. The Morgan fingerprint density at radius 2 is 2.00 bits per heavy atom. The SMILES string of the molecule is Cc1ccc2c(c1)-c1nnc(N)cc1C2. The van der Waals surface area contributed by atoms with Gasteiger partial charge in [-0.25, -0.2) is 0 Å². The van der Waals surface area contributed by atoms with E-state index in [0.29, 0.717) is 5.82 Å². The molecule has 1 heterocycles. The van der Waals surface area contributed by atoms with Crippen molar-refractivity contribution < 1.29 is 0 Å². The molecule has 0 amide bonds. The van der Waals surface area contributed by atoms with Crippen LogP contribution in [0.25, 0.3) is 11.3 Å². The first-order chi connectivity index (χ1) is 7.24. The summed E-state index contributed by atoms with van der Waals surface area (Å²) in [4.78, 5) is 0. The molecule has 15 heavy (non-hydrogen) atoms. The van der Waals surface area contributed by atoms with Crippen LogP contribution in [0.4, 0.5) is 5.82 Å². The molecule has 0 radical (unpaired) electrons. The fourth-order valence-corrected chi connectivity index (χ4v) is 2.08. The summed E-state index contributed by atoms with van der Waals surface area (Å²) >= 11 is 0. The van der Waals surface area contributed by atoms with Crippen LogP contribution in [0.3, 0.4) is 0 Å². The predicted octanol–water partition coefficient (Wildman–Crippen LogP) is 1.94. The van der Waals surface area contributed by atoms with Gasteiger partial charge in [0, 0.05) is 12.0 Å². The highest BCUT2D eigenvalue weighted by Gasteiger charge is 2.20. The number of aryl methyl sites for hydroxylation is 1. The monoisotopic (exact) mass is 197 g/mol. The van der Waals surface area contributed by atoms with E-state index < -0.39 is 0 Å². The van der Waals surface area contributed by atoms with Crippen molar-refractivity contribution in [2.45, 2.75) is 13.3 Å². The zero-order valence-corrected chi connectivity index (χ0v) is 8.49. The third-order valence-corrected chi connectivity index (χ3v) is 2.79. The number of rotatable bonds is 0. The molecule has 74 valence electrons. The molecule has 3 heteroatoms. The van der Waals surface area contributed by atoms with Crippen LogP contribution in [-0.2, 0) is 6.42 Å². The highest BCUT2D eigenvalue weighted by Crippen LogP contribution is 2.35. The summed E-state index contributed by atoms with van der Waals surface area (Å²) < 4.78 is 0. The molecular weight excluding hydrogens is 186 g/mol. The minimum Gasteiger partial charge on any atom is -0.382 e. The van der Waals surface area contributed by atoms with Gasteiger partial charge >= 0.3 is 0 Å². The van der Waals surface area contributed by atoms with Gasteiger partial charge in [0.25, 0.3) is 0 Å². The van der Waals surface area contributed by atoms with Gasteiger partial charge in [-0.3, -0.25) is 0 Å². The average molecular weight is 197 g/mol. The van der Waals surface area contributed by atoms with Crippen LogP contribution < -0.4 is 5.73 Å². The summed E-state index contributed by atoms with van der Waals surface area (Å²) in [6, 6.07) is 8.35. The lowest BCUT2D eigenvalue weighted by atomic mass is 10.1. The zero-order valence-electron chi connectivity index (χ0n) is 8.49. The number of hydrogen-bond acceptors (Lipinski definition) is 3. The summed E-state index contributed by atoms with van der Waals surface area (Å²) in [6.45, 7) is 2.09. The van der Waals surface area contributed by atoms with Gasteiger partial charge in [0.1, 0.15) is 5.82 Å². The molecule has 2 aromatic rings. The van der Waals surface area contributed by atoms with Gasteiger partial charge < -0.3 is 5.73 Å². The Hall–Kier alpha value is -1.90. The molecule has 1 aliphatic rings. The van der Waals surface area contributed by atoms with Gasteiger partial charge in [0.15, 0.2) is 0 Å². The largest absolute Gasteiger partial charge is 0.382 e. The van der Waals surface area contributed by atoms with Crippen molar-refractivity contribution in [1.82, 2.24) is 10.2 Å². The highest BCUT2D eigenvalue weighted by atomic mass is 15.1. The Bertz CT molecular complexity index is 547. The third-order valence-electron chi connectivity index (χ3n) is 2.79. The Morgan fingerprint density at radius 3 is 2.87 bits per heavy atom. The second-order valence-corrected chi connectivity index (χ2v) is 3.98. The summed E-state index contributed by atoms with van der Waals surface area (Å²) in [7, 11) is 0. The summed E-state index contributed by atoms with van der Waals surface area (Å²) in [5.74, 6) is 0.498. The van der Waals surface area contributed by atoms with E-state index in [1.54, 1.807) is 0 Å². The third kappa shape index (κ3) is 1.20. The molecule has 0 fully saturated rings. The lowest BCUT2D eigenvalue weighted by Crippen LogP contribution is -1.95.